The molecule has 0 bridgehead atoms. The van der Waals surface area contributed by atoms with Crippen molar-refractivity contribution in [3.8, 4) is 11.5 Å². The quantitative estimate of drug-likeness (QED) is 0.222. The Bertz CT molecular complexity index is 2500. The van der Waals surface area contributed by atoms with Crippen LogP contribution in [0, 0.1) is 11.7 Å². The summed E-state index contributed by atoms with van der Waals surface area (Å²) in [6, 6.07) is 6.71. The van der Waals surface area contributed by atoms with Gasteiger partial charge in [-0.2, -0.15) is 0 Å². The Morgan fingerprint density at radius 3 is 2.64 bits per heavy atom. The Labute approximate surface area is 339 Å². The number of fused-ring (bicyclic) bond motifs is 6. The Morgan fingerprint density at radius 2 is 1.90 bits per heavy atom. The minimum Gasteiger partial charge on any atom is -0.493 e. The molecule has 18 heteroatoms. The molecule has 2 aromatic carbocycles. The van der Waals surface area contributed by atoms with Gasteiger partial charge >= 0.3 is 6.09 Å². The average Bonchev–Trinajstić information content (AvgIpc) is 4.07. The third kappa shape index (κ3) is 8.11. The molecule has 59 heavy (non-hydrogen) atoms. The van der Waals surface area contributed by atoms with Gasteiger partial charge < -0.3 is 38.9 Å². The van der Waals surface area contributed by atoms with Gasteiger partial charge in [0.2, 0.25) is 21.8 Å². The molecule has 2 aliphatic carbocycles. The van der Waals surface area contributed by atoms with Crippen molar-refractivity contribution in [2.45, 2.75) is 93.9 Å². The number of carbonyl (C=O) groups is 4. The van der Waals surface area contributed by atoms with Crippen LogP contribution >= 0.6 is 0 Å². The van der Waals surface area contributed by atoms with E-state index in [9.17, 15) is 32.0 Å². The highest BCUT2D eigenvalue weighted by molar-refractivity contribution is 7.91. The van der Waals surface area contributed by atoms with Crippen molar-refractivity contribution in [1.29, 1.82) is 0 Å². The van der Waals surface area contributed by atoms with Crippen LogP contribution in [0.5, 0.6) is 11.5 Å². The molecule has 4 heterocycles. The number of halogens is 1. The number of allylic oxidation sites excluding steroid dienone is 1. The topological polar surface area (TPSA) is 205 Å². The highest BCUT2D eigenvalue weighted by Gasteiger charge is 2.62. The van der Waals surface area contributed by atoms with Gasteiger partial charge in [-0.15, -0.1) is 0 Å². The number of sulfonamides is 1. The van der Waals surface area contributed by atoms with Crippen LogP contribution in [-0.4, -0.2) is 104 Å². The van der Waals surface area contributed by atoms with Crippen LogP contribution in [0.1, 0.15) is 59.3 Å². The molecule has 8 rings (SSSR count). The molecule has 2 saturated carbocycles. The molecule has 0 unspecified atom stereocenters. The lowest BCUT2D eigenvalue weighted by Gasteiger charge is -2.30. The van der Waals surface area contributed by atoms with Gasteiger partial charge in [0.15, 0.2) is 22.7 Å². The predicted molar refractivity (Wildman–Crippen MR) is 211 cm³/mol. The van der Waals surface area contributed by atoms with Crippen molar-refractivity contribution in [2.75, 3.05) is 26.9 Å². The lowest BCUT2D eigenvalue weighted by Crippen LogP contribution is -2.59. The second-order valence-electron chi connectivity index (χ2n) is 16.5. The predicted octanol–water partition coefficient (Wildman–Crippen LogP) is 4.37. The first kappa shape index (κ1) is 40.3. The summed E-state index contributed by atoms with van der Waals surface area (Å²) in [6.45, 7) is 4.83. The lowest BCUT2D eigenvalue weighted by atomic mass is 10.1. The normalized spacial score (nSPS) is 25.9. The first-order chi connectivity index (χ1) is 28.1. The van der Waals surface area contributed by atoms with Crippen LogP contribution in [0.4, 0.5) is 9.18 Å². The fourth-order valence-corrected chi connectivity index (χ4v) is 9.12. The Balaban J connectivity index is 1.17. The molecule has 4 aliphatic rings. The van der Waals surface area contributed by atoms with E-state index in [1.807, 2.05) is 6.08 Å². The second kappa shape index (κ2) is 15.3. The van der Waals surface area contributed by atoms with Crippen LogP contribution in [0.2, 0.25) is 0 Å². The summed E-state index contributed by atoms with van der Waals surface area (Å²) >= 11 is 0. The maximum absolute atomic E-state index is 14.6. The smallest absolute Gasteiger partial charge is 0.408 e. The number of carbonyl (C=O) groups excluding carboxylic acids is 4. The number of ether oxygens (including phenoxy) is 4. The maximum Gasteiger partial charge on any atom is 0.408 e. The number of nitrogens with zero attached hydrogens (tertiary/aromatic N) is 2. The van der Waals surface area contributed by atoms with Crippen molar-refractivity contribution < 1.29 is 55.4 Å². The Morgan fingerprint density at radius 1 is 1.10 bits per heavy atom. The molecule has 5 atom stereocenters. The minimum absolute atomic E-state index is 0.105. The summed E-state index contributed by atoms with van der Waals surface area (Å²) in [5.41, 5.74) is -1.25. The molecule has 2 aromatic heterocycles. The summed E-state index contributed by atoms with van der Waals surface area (Å²) < 4.78 is 72.5. The highest BCUT2D eigenvalue weighted by Crippen LogP contribution is 2.47. The fraction of sp³-hybridized carbons (Fsp3) is 0.488. The zero-order valence-electron chi connectivity index (χ0n) is 33.0. The maximum atomic E-state index is 14.6. The number of methoxy groups -OCH3 is 1. The van der Waals surface area contributed by atoms with Crippen LogP contribution in [-0.2, 0) is 33.9 Å². The van der Waals surface area contributed by atoms with Gasteiger partial charge in [-0.3, -0.25) is 19.1 Å². The number of benzene rings is 2. The molecular formula is C41H46FN5O11S. The first-order valence-electron chi connectivity index (χ1n) is 19.6. The average molecular weight is 836 g/mol. The van der Waals surface area contributed by atoms with Crippen LogP contribution in [0.15, 0.2) is 53.0 Å². The summed E-state index contributed by atoms with van der Waals surface area (Å²) in [6.07, 6.45) is 3.81. The van der Waals surface area contributed by atoms with E-state index in [0.717, 1.165) is 0 Å². The molecule has 3 fully saturated rings. The highest BCUT2D eigenvalue weighted by atomic mass is 32.2. The monoisotopic (exact) mass is 835 g/mol. The van der Waals surface area contributed by atoms with E-state index >= 15 is 0 Å². The first-order valence-corrected chi connectivity index (χ1v) is 21.2. The molecule has 4 amide bonds. The van der Waals surface area contributed by atoms with Gasteiger partial charge in [0, 0.05) is 30.4 Å². The third-order valence-corrected chi connectivity index (χ3v) is 12.7. The molecule has 3 N–H and O–H groups in total. The molecule has 16 nitrogen and oxygen atoms in total. The lowest BCUT2D eigenvalue weighted by molar-refractivity contribution is -0.142. The van der Waals surface area contributed by atoms with Crippen molar-refractivity contribution in [3.05, 3.63) is 54.4 Å². The Kier molecular flexibility index (Phi) is 10.4. The summed E-state index contributed by atoms with van der Waals surface area (Å²) in [4.78, 5) is 62.0. The van der Waals surface area contributed by atoms with Gasteiger partial charge in [0.1, 0.15) is 40.7 Å². The van der Waals surface area contributed by atoms with Gasteiger partial charge in [-0.1, -0.05) is 18.2 Å². The number of hydrogen-bond acceptors (Lipinski definition) is 12. The second-order valence-corrected chi connectivity index (χ2v) is 18.5. The van der Waals surface area contributed by atoms with Gasteiger partial charge in [-0.05, 0) is 77.1 Å². The zero-order valence-corrected chi connectivity index (χ0v) is 33.9. The number of rotatable bonds is 7. The minimum atomic E-state index is -3.96. The van der Waals surface area contributed by atoms with Crippen LogP contribution < -0.4 is 24.8 Å². The van der Waals surface area contributed by atoms with E-state index in [-0.39, 0.29) is 49.4 Å². The molecule has 2 aliphatic heterocycles. The number of amides is 4. The summed E-state index contributed by atoms with van der Waals surface area (Å²) in [5, 5.41) is 5.75. The van der Waals surface area contributed by atoms with E-state index in [0.29, 0.717) is 53.3 Å². The van der Waals surface area contributed by atoms with Gasteiger partial charge in [-0.25, -0.2) is 22.6 Å². The number of pyridine rings is 1. The van der Waals surface area contributed by atoms with E-state index in [4.69, 9.17) is 28.3 Å². The van der Waals surface area contributed by atoms with Crippen molar-refractivity contribution in [1.82, 2.24) is 25.2 Å². The van der Waals surface area contributed by atoms with Crippen molar-refractivity contribution >= 4 is 66.8 Å². The molecular weight excluding hydrogens is 790 g/mol. The number of nitrogens with one attached hydrogen (secondary N) is 3. The van der Waals surface area contributed by atoms with Gasteiger partial charge in [0.05, 0.1) is 36.4 Å². The molecule has 4 aromatic rings. The fourth-order valence-electron chi connectivity index (χ4n) is 7.75. The standard InChI is InChI=1S/C41H46FN5O11S/c1-40(2,3)58-39(51)44-29-21-55-16-7-5-6-9-22-19-41(22,38(50)46-59(52,53)25-13-14-25)45-36(48)30-18-24(20-47(30)37(29)49)56-34-26-15-12-23(42)17-28(26)43-32-27-10-8-11-31(54-4)33(27)57-35(32)34/h6,8-12,15,17,22,24-25,29-30H,5,7,13-14,16,18-21H2,1-4H3,(H,44,51)(H,45,48)(H,46,50)/b9-6-/t22-,24+,29-,30+,41-/m1/s1. The number of furan rings is 1. The van der Waals surface area contributed by atoms with Crippen molar-refractivity contribution in [2.24, 2.45) is 5.92 Å². The number of hydrogen-bond donors (Lipinski definition) is 3. The van der Waals surface area contributed by atoms with E-state index in [2.05, 4.69) is 15.4 Å². The molecule has 314 valence electrons. The van der Waals surface area contributed by atoms with Crippen molar-refractivity contribution in [3.63, 3.8) is 0 Å². The number of aromatic nitrogens is 1. The summed E-state index contributed by atoms with van der Waals surface area (Å²) in [7, 11) is -2.46. The van der Waals surface area contributed by atoms with Gasteiger partial charge in [0.25, 0.3) is 5.91 Å². The van der Waals surface area contributed by atoms with E-state index < -0.39 is 80.2 Å². The zero-order chi connectivity index (χ0) is 41.9. The molecule has 0 radical (unpaired) electrons. The SMILES string of the molecule is COc1cccc2c1oc1c(O[C@H]3C[C@H]4C(=O)N[C@]5(C(=O)NS(=O)(=O)C6CC6)C[C@H]5/C=C\CCCOC[C@@H](NC(=O)OC(C)(C)C)C(=O)N4C3)c3ccc(F)cc3nc12. The summed E-state index contributed by atoms with van der Waals surface area (Å²) in [5.74, 6) is -2.71. The van der Waals surface area contributed by atoms with Crippen LogP contribution in [0.25, 0.3) is 33.0 Å². The number of para-hydroxylation sites is 1. The molecule has 1 saturated heterocycles. The Hall–Kier alpha value is -5.49. The number of alkyl carbamates (subject to hydrolysis) is 1. The van der Waals surface area contributed by atoms with E-state index in [1.54, 1.807) is 45.0 Å². The third-order valence-electron chi connectivity index (χ3n) is 10.9. The van der Waals surface area contributed by atoms with Crippen LogP contribution in [0.3, 0.4) is 0 Å². The largest absolute Gasteiger partial charge is 0.493 e. The molecule has 0 spiro atoms. The van der Waals surface area contributed by atoms with E-state index in [1.165, 1.54) is 30.2 Å².